The minimum absolute atomic E-state index is 0.620. The van der Waals surface area contributed by atoms with Crippen molar-refractivity contribution < 1.29 is 0 Å². The zero-order valence-corrected chi connectivity index (χ0v) is 25.3. The Morgan fingerprint density at radius 2 is 0.860 bits per heavy atom. The predicted octanol–water partition coefficient (Wildman–Crippen LogP) is 9.27. The molecule has 0 aliphatic carbocycles. The maximum absolute atomic E-state index is 2.50. The van der Waals surface area contributed by atoms with Crippen molar-refractivity contribution in [3.8, 4) is 33.4 Å². The Kier molecular flexibility index (Phi) is 6.44. The molecule has 0 saturated carbocycles. The lowest BCUT2D eigenvalue weighted by atomic mass is 9.85. The van der Waals surface area contributed by atoms with Crippen LogP contribution in [0.5, 0.6) is 0 Å². The van der Waals surface area contributed by atoms with Crippen molar-refractivity contribution in [2.24, 2.45) is 0 Å². The van der Waals surface area contributed by atoms with Crippen molar-refractivity contribution >= 4 is 52.2 Å². The van der Waals surface area contributed by atoms with Gasteiger partial charge in [0, 0.05) is 0 Å². The van der Waals surface area contributed by atoms with E-state index in [1.54, 1.807) is 0 Å². The highest BCUT2D eigenvalue weighted by Crippen LogP contribution is 2.44. The van der Waals surface area contributed by atoms with Crippen LogP contribution in [0.3, 0.4) is 0 Å². The van der Waals surface area contributed by atoms with Crippen molar-refractivity contribution in [2.45, 2.75) is 0 Å². The van der Waals surface area contributed by atoms with Crippen LogP contribution in [0.25, 0.3) is 65.7 Å². The normalized spacial score (nSPS) is 11.6. The SMILES string of the molecule is c1ccc([SiH2]c2ccc3c(-c4cccc(-c5ccccc5)c4)c4ccccc4c(-c4ccc5ccccc5c4)c3c2)cc1. The van der Waals surface area contributed by atoms with Crippen LogP contribution in [0.15, 0.2) is 170 Å². The maximum Gasteiger partial charge on any atom is 0.0875 e. The van der Waals surface area contributed by atoms with Gasteiger partial charge in [0.2, 0.25) is 0 Å². The molecular weight excluding hydrogens is 533 g/mol. The van der Waals surface area contributed by atoms with Gasteiger partial charge in [-0.1, -0.05) is 168 Å². The first-order valence-electron chi connectivity index (χ1n) is 15.0. The summed E-state index contributed by atoms with van der Waals surface area (Å²) in [5.41, 5.74) is 7.62. The summed E-state index contributed by atoms with van der Waals surface area (Å²) in [7, 11) is -0.620. The predicted molar refractivity (Wildman–Crippen MR) is 190 cm³/mol. The second-order valence-corrected chi connectivity index (χ2v) is 13.3. The van der Waals surface area contributed by atoms with E-state index in [0.29, 0.717) is 0 Å². The van der Waals surface area contributed by atoms with E-state index in [1.165, 1.54) is 76.1 Å². The Bertz CT molecular complexity index is 2250. The molecule has 0 radical (unpaired) electrons. The van der Waals surface area contributed by atoms with Gasteiger partial charge in [-0.15, -0.1) is 0 Å². The molecule has 202 valence electrons. The summed E-state index contributed by atoms with van der Waals surface area (Å²) in [4.78, 5) is 0. The molecule has 0 aromatic heterocycles. The third kappa shape index (κ3) is 4.74. The molecule has 0 fully saturated rings. The van der Waals surface area contributed by atoms with E-state index in [-0.39, 0.29) is 0 Å². The maximum atomic E-state index is 2.50. The third-order valence-electron chi connectivity index (χ3n) is 8.64. The fraction of sp³-hybridized carbons (Fsp3) is 0. The fourth-order valence-electron chi connectivity index (χ4n) is 6.62. The van der Waals surface area contributed by atoms with E-state index in [4.69, 9.17) is 0 Å². The zero-order chi connectivity index (χ0) is 28.6. The van der Waals surface area contributed by atoms with E-state index >= 15 is 0 Å². The summed E-state index contributed by atoms with van der Waals surface area (Å²) in [6.07, 6.45) is 0. The second-order valence-electron chi connectivity index (χ2n) is 11.3. The summed E-state index contributed by atoms with van der Waals surface area (Å²) in [5.74, 6) is 0. The Balaban J connectivity index is 1.43. The molecule has 0 saturated heterocycles. The van der Waals surface area contributed by atoms with Crippen LogP contribution in [0.4, 0.5) is 0 Å². The van der Waals surface area contributed by atoms with Gasteiger partial charge in [-0.25, -0.2) is 0 Å². The lowest BCUT2D eigenvalue weighted by molar-refractivity contribution is 1.61. The Morgan fingerprint density at radius 1 is 0.279 bits per heavy atom. The smallest absolute Gasteiger partial charge is 0.0633 e. The van der Waals surface area contributed by atoms with Crippen LogP contribution in [0.2, 0.25) is 0 Å². The molecule has 0 aliphatic heterocycles. The average Bonchev–Trinajstić information content (AvgIpc) is 3.08. The van der Waals surface area contributed by atoms with E-state index in [2.05, 4.69) is 170 Å². The van der Waals surface area contributed by atoms with Gasteiger partial charge in [-0.3, -0.25) is 0 Å². The summed E-state index contributed by atoms with van der Waals surface area (Å²) < 4.78 is 0. The van der Waals surface area contributed by atoms with E-state index in [9.17, 15) is 0 Å². The van der Waals surface area contributed by atoms with Gasteiger partial charge in [0.05, 0.1) is 9.52 Å². The van der Waals surface area contributed by atoms with Crippen molar-refractivity contribution in [3.05, 3.63) is 170 Å². The van der Waals surface area contributed by atoms with E-state index in [0.717, 1.165) is 0 Å². The summed E-state index contributed by atoms with van der Waals surface area (Å²) in [5, 5.41) is 10.7. The largest absolute Gasteiger partial charge is 0.0875 e. The first-order chi connectivity index (χ1) is 21.3. The quantitative estimate of drug-likeness (QED) is 0.145. The molecule has 0 atom stereocenters. The molecule has 0 amide bonds. The topological polar surface area (TPSA) is 0 Å². The number of hydrogen-bond acceptors (Lipinski definition) is 0. The lowest BCUT2D eigenvalue weighted by Gasteiger charge is -2.19. The molecule has 0 aliphatic rings. The molecule has 0 N–H and O–H groups in total. The van der Waals surface area contributed by atoms with Gasteiger partial charge in [-0.2, -0.15) is 0 Å². The molecule has 0 spiro atoms. The highest BCUT2D eigenvalue weighted by atomic mass is 28.2. The highest BCUT2D eigenvalue weighted by Gasteiger charge is 2.18. The van der Waals surface area contributed by atoms with Gasteiger partial charge < -0.3 is 0 Å². The highest BCUT2D eigenvalue weighted by molar-refractivity contribution is 6.67. The summed E-state index contributed by atoms with van der Waals surface area (Å²) >= 11 is 0. The average molecular weight is 563 g/mol. The molecular formula is C42H30Si. The van der Waals surface area contributed by atoms with E-state index in [1.807, 2.05) is 0 Å². The van der Waals surface area contributed by atoms with Gasteiger partial charge in [0.25, 0.3) is 0 Å². The van der Waals surface area contributed by atoms with Crippen LogP contribution in [-0.2, 0) is 0 Å². The number of rotatable bonds is 5. The van der Waals surface area contributed by atoms with Crippen molar-refractivity contribution in [1.29, 1.82) is 0 Å². The first-order valence-corrected chi connectivity index (χ1v) is 16.4. The lowest BCUT2D eigenvalue weighted by Crippen LogP contribution is -2.26. The third-order valence-corrected chi connectivity index (χ3v) is 10.4. The van der Waals surface area contributed by atoms with Crippen LogP contribution in [0, 0.1) is 0 Å². The van der Waals surface area contributed by atoms with Gasteiger partial charge in [-0.05, 0) is 77.8 Å². The Labute approximate surface area is 254 Å². The summed E-state index contributed by atoms with van der Waals surface area (Å²) in [6, 6.07) is 62.6. The van der Waals surface area contributed by atoms with E-state index < -0.39 is 9.52 Å². The molecule has 0 heterocycles. The minimum Gasteiger partial charge on any atom is -0.0633 e. The molecule has 1 heteroatoms. The van der Waals surface area contributed by atoms with Crippen molar-refractivity contribution in [1.82, 2.24) is 0 Å². The van der Waals surface area contributed by atoms with Gasteiger partial charge in [0.15, 0.2) is 0 Å². The number of benzene rings is 8. The van der Waals surface area contributed by atoms with Gasteiger partial charge in [0.1, 0.15) is 0 Å². The monoisotopic (exact) mass is 562 g/mol. The molecule has 0 nitrogen and oxygen atoms in total. The summed E-state index contributed by atoms with van der Waals surface area (Å²) in [6.45, 7) is 0. The molecule has 8 aromatic rings. The van der Waals surface area contributed by atoms with Gasteiger partial charge >= 0.3 is 0 Å². The number of hydrogen-bond donors (Lipinski definition) is 0. The molecule has 0 unspecified atom stereocenters. The molecule has 8 aromatic carbocycles. The second kappa shape index (κ2) is 10.9. The zero-order valence-electron chi connectivity index (χ0n) is 23.9. The van der Waals surface area contributed by atoms with Crippen LogP contribution in [0.1, 0.15) is 0 Å². The fourth-order valence-corrected chi connectivity index (χ4v) is 8.14. The van der Waals surface area contributed by atoms with Crippen LogP contribution < -0.4 is 10.4 Å². The Hall–Kier alpha value is -5.24. The minimum atomic E-state index is -0.620. The molecule has 43 heavy (non-hydrogen) atoms. The Morgan fingerprint density at radius 3 is 1.65 bits per heavy atom. The first kappa shape index (κ1) is 25.5. The molecule has 0 bridgehead atoms. The number of fused-ring (bicyclic) bond motifs is 3. The standard InChI is InChI=1S/C42H30Si/c1-3-12-29(13-4-1)32-16-11-17-33(26-32)41-37-20-9-10-21-38(37)42(34-23-22-30-14-7-8-15-31(30)27-34)40-28-36(24-25-39(40)41)43-35-18-5-2-6-19-35/h1-28H,43H2. The van der Waals surface area contributed by atoms with Crippen LogP contribution in [-0.4, -0.2) is 9.52 Å². The molecule has 8 rings (SSSR count). The van der Waals surface area contributed by atoms with Crippen molar-refractivity contribution in [2.75, 3.05) is 0 Å². The van der Waals surface area contributed by atoms with Crippen LogP contribution >= 0.6 is 0 Å². The van der Waals surface area contributed by atoms with Crippen molar-refractivity contribution in [3.63, 3.8) is 0 Å².